The van der Waals surface area contributed by atoms with Crippen molar-refractivity contribution in [2.75, 3.05) is 13.2 Å². The first kappa shape index (κ1) is 18.0. The molecule has 4 aliphatic rings. The van der Waals surface area contributed by atoms with E-state index in [-0.39, 0.29) is 23.8 Å². The van der Waals surface area contributed by atoms with E-state index in [1.807, 2.05) is 23.5 Å². The molecule has 4 rings (SSSR count). The van der Waals surface area contributed by atoms with Crippen molar-refractivity contribution in [2.24, 2.45) is 11.8 Å². The average Bonchev–Trinajstić information content (AvgIpc) is 3.45. The van der Waals surface area contributed by atoms with Gasteiger partial charge in [0, 0.05) is 26.4 Å². The highest BCUT2D eigenvalue weighted by atomic mass is 32.2. The van der Waals surface area contributed by atoms with Gasteiger partial charge in [0.1, 0.15) is 0 Å². The third-order valence-corrected chi connectivity index (χ3v) is 10.0. The van der Waals surface area contributed by atoms with Crippen LogP contribution < -0.4 is 0 Å². The molecule has 2 saturated carbocycles. The minimum Gasteiger partial charge on any atom is -0.465 e. The molecule has 3 unspecified atom stereocenters. The van der Waals surface area contributed by atoms with Crippen molar-refractivity contribution in [3.8, 4) is 0 Å². The van der Waals surface area contributed by atoms with Crippen LogP contribution in [-0.2, 0) is 19.1 Å². The zero-order chi connectivity index (χ0) is 17.7. The number of hydrogen-bond donors (Lipinski definition) is 0. The largest absolute Gasteiger partial charge is 0.465 e. The quantitative estimate of drug-likeness (QED) is 0.394. The molecule has 6 atom stereocenters. The molecule has 2 heterocycles. The van der Waals surface area contributed by atoms with E-state index in [1.165, 1.54) is 0 Å². The fourth-order valence-electron chi connectivity index (χ4n) is 4.36. The third-order valence-electron chi connectivity index (χ3n) is 6.49. The summed E-state index contributed by atoms with van der Waals surface area (Å²) in [5.41, 5.74) is 0. The maximum atomic E-state index is 12.1. The predicted octanol–water partition coefficient (Wildman–Crippen LogP) is 3.81. The van der Waals surface area contributed by atoms with Crippen LogP contribution in [0.15, 0.2) is 0 Å². The van der Waals surface area contributed by atoms with Crippen molar-refractivity contribution < 1.29 is 19.1 Å². The molecule has 140 valence electrons. The maximum Gasteiger partial charge on any atom is 0.308 e. The fraction of sp³-hybridized carbons (Fsp3) is 0.895. The van der Waals surface area contributed by atoms with Crippen molar-refractivity contribution in [1.29, 1.82) is 0 Å². The monoisotopic (exact) mass is 384 g/mol. The van der Waals surface area contributed by atoms with Gasteiger partial charge >= 0.3 is 11.9 Å². The molecule has 0 spiro atoms. The molecule has 2 aliphatic heterocycles. The van der Waals surface area contributed by atoms with Gasteiger partial charge in [-0.3, -0.25) is 9.59 Å². The van der Waals surface area contributed by atoms with Gasteiger partial charge in [0.05, 0.1) is 25.0 Å². The van der Waals surface area contributed by atoms with Crippen molar-refractivity contribution in [2.45, 2.75) is 78.8 Å². The zero-order valence-corrected chi connectivity index (χ0v) is 16.8. The second-order valence-electron chi connectivity index (χ2n) is 8.47. The molecule has 4 fully saturated rings. The molecule has 2 saturated heterocycles. The van der Waals surface area contributed by atoms with Crippen LogP contribution in [0.4, 0.5) is 0 Å². The van der Waals surface area contributed by atoms with Crippen LogP contribution in [-0.4, -0.2) is 45.1 Å². The Labute approximate surface area is 158 Å². The van der Waals surface area contributed by atoms with Crippen molar-refractivity contribution in [3.63, 3.8) is 0 Å². The lowest BCUT2D eigenvalue weighted by Gasteiger charge is -2.23. The molecular weight excluding hydrogens is 356 g/mol. The summed E-state index contributed by atoms with van der Waals surface area (Å²) >= 11 is 4.01. The van der Waals surface area contributed by atoms with Gasteiger partial charge in [-0.05, 0) is 52.4 Å². The summed E-state index contributed by atoms with van der Waals surface area (Å²) in [6.07, 6.45) is 6.69. The molecule has 0 N–H and O–H groups in total. The van der Waals surface area contributed by atoms with Crippen LogP contribution in [0, 0.1) is 11.8 Å². The number of carbonyl (C=O) groups excluding carboxylic acids is 2. The van der Waals surface area contributed by atoms with E-state index < -0.39 is 0 Å². The van der Waals surface area contributed by atoms with Gasteiger partial charge in [-0.2, -0.15) is 0 Å². The maximum absolute atomic E-state index is 12.1. The molecule has 0 aromatic carbocycles. The number of esters is 2. The van der Waals surface area contributed by atoms with E-state index >= 15 is 0 Å². The van der Waals surface area contributed by atoms with Crippen LogP contribution >= 0.6 is 23.5 Å². The van der Waals surface area contributed by atoms with Gasteiger partial charge in [0.25, 0.3) is 0 Å². The van der Waals surface area contributed by atoms with Crippen molar-refractivity contribution in [1.82, 2.24) is 0 Å². The Hall–Kier alpha value is -0.360. The number of rotatable bonds is 6. The molecule has 2 aliphatic carbocycles. The summed E-state index contributed by atoms with van der Waals surface area (Å²) in [5, 5.41) is 1.31. The van der Waals surface area contributed by atoms with E-state index in [0.717, 1.165) is 38.5 Å². The Morgan fingerprint density at radius 1 is 0.880 bits per heavy atom. The molecule has 0 aromatic heterocycles. The number of fused-ring (bicyclic) bond motifs is 2. The third kappa shape index (κ3) is 3.85. The second kappa shape index (κ2) is 6.66. The zero-order valence-electron chi connectivity index (χ0n) is 15.1. The minimum atomic E-state index is -0.0572. The van der Waals surface area contributed by atoms with E-state index in [9.17, 15) is 9.59 Å². The first-order valence-corrected chi connectivity index (χ1v) is 11.3. The summed E-state index contributed by atoms with van der Waals surface area (Å²) in [6, 6.07) is 0. The molecule has 4 nitrogen and oxygen atoms in total. The van der Waals surface area contributed by atoms with Crippen LogP contribution in [0.25, 0.3) is 0 Å². The Kier molecular flexibility index (Phi) is 4.80. The van der Waals surface area contributed by atoms with Gasteiger partial charge in [0.15, 0.2) is 0 Å². The highest BCUT2D eigenvalue weighted by Crippen LogP contribution is 2.63. The Morgan fingerprint density at radius 2 is 1.32 bits per heavy atom. The topological polar surface area (TPSA) is 52.6 Å². The van der Waals surface area contributed by atoms with Gasteiger partial charge in [-0.1, -0.05) is 0 Å². The van der Waals surface area contributed by atoms with Gasteiger partial charge in [-0.15, -0.1) is 23.5 Å². The smallest absolute Gasteiger partial charge is 0.308 e. The molecular formula is C19H28O4S2. The number of thioether (sulfide) groups is 2. The van der Waals surface area contributed by atoms with Crippen LogP contribution in [0.5, 0.6) is 0 Å². The number of carbonyl (C=O) groups is 2. The van der Waals surface area contributed by atoms with E-state index in [4.69, 9.17) is 9.47 Å². The highest BCUT2D eigenvalue weighted by Gasteiger charge is 2.56. The summed E-state index contributed by atoms with van der Waals surface area (Å²) < 4.78 is 11.7. The van der Waals surface area contributed by atoms with Gasteiger partial charge in [-0.25, -0.2) is 0 Å². The first-order valence-electron chi connectivity index (χ1n) is 9.58. The Balaban J connectivity index is 1.08. The highest BCUT2D eigenvalue weighted by molar-refractivity contribution is 8.08. The number of ether oxygens (including phenoxy) is 2. The molecule has 6 heteroatoms. The van der Waals surface area contributed by atoms with Crippen molar-refractivity contribution >= 4 is 35.5 Å². The fourth-order valence-corrected chi connectivity index (χ4v) is 7.08. The second-order valence-corrected chi connectivity index (χ2v) is 11.9. The summed E-state index contributed by atoms with van der Waals surface area (Å²) in [4.78, 5) is 24.3. The molecule has 0 amide bonds. The van der Waals surface area contributed by atoms with E-state index in [0.29, 0.717) is 39.6 Å². The van der Waals surface area contributed by atoms with Gasteiger partial charge < -0.3 is 9.47 Å². The molecule has 25 heavy (non-hydrogen) atoms. The van der Waals surface area contributed by atoms with Gasteiger partial charge in [0.2, 0.25) is 0 Å². The molecule has 0 aromatic rings. The lowest BCUT2D eigenvalue weighted by molar-refractivity contribution is -0.152. The molecule has 0 radical (unpaired) electrons. The average molecular weight is 385 g/mol. The normalized spacial score (nSPS) is 44.2. The summed E-state index contributed by atoms with van der Waals surface area (Å²) in [5.74, 6) is 0.0304. The summed E-state index contributed by atoms with van der Waals surface area (Å²) in [6.45, 7) is 5.32. The summed E-state index contributed by atoms with van der Waals surface area (Å²) in [7, 11) is 0. The van der Waals surface area contributed by atoms with Crippen molar-refractivity contribution in [3.05, 3.63) is 0 Å². The van der Waals surface area contributed by atoms with E-state index in [1.54, 1.807) is 0 Å². The lowest BCUT2D eigenvalue weighted by Crippen LogP contribution is -2.29. The van der Waals surface area contributed by atoms with E-state index in [2.05, 4.69) is 13.8 Å². The van der Waals surface area contributed by atoms with Crippen LogP contribution in [0.1, 0.15) is 58.8 Å². The predicted molar refractivity (Wildman–Crippen MR) is 101 cm³/mol. The lowest BCUT2D eigenvalue weighted by atomic mass is 9.83. The minimum absolute atomic E-state index is 0.0572. The Bertz CT molecular complexity index is 520. The molecule has 0 bridgehead atoms. The first-order chi connectivity index (χ1) is 11.9. The number of hydrogen-bond acceptors (Lipinski definition) is 6. The standard InChI is InChI=1S/C19H28O4S2/c1-18-6-4-12(10-14(18)24-18)16(20)22-8-3-9-23-17(21)13-5-7-19(2)15(11-13)25-19/h12-15H,3-11H2,1-2H3/t12-,13?,14?,15?,18-,19+/m0/s1. The Morgan fingerprint density at radius 3 is 1.72 bits per heavy atom. The van der Waals surface area contributed by atoms with Crippen LogP contribution in [0.2, 0.25) is 0 Å². The SMILES string of the molecule is C[C@@]12CCC(C(=O)OCCCOC(=O)[C@H]3CC[C@]4(C)SC4C3)CC1S2. The van der Waals surface area contributed by atoms with Crippen LogP contribution in [0.3, 0.4) is 0 Å².